The Labute approximate surface area is 160 Å². The quantitative estimate of drug-likeness (QED) is 0.694. The van der Waals surface area contributed by atoms with Crippen LogP contribution in [0.15, 0.2) is 54.7 Å². The van der Waals surface area contributed by atoms with E-state index in [0.717, 1.165) is 0 Å². The Balaban J connectivity index is 1.54. The first-order valence-electron chi connectivity index (χ1n) is 8.90. The first-order valence-corrected chi connectivity index (χ1v) is 8.90. The summed E-state index contributed by atoms with van der Waals surface area (Å²) in [5, 5.41) is 8.26. The number of hydrogen-bond acceptors (Lipinski definition) is 4. The van der Waals surface area contributed by atoms with Gasteiger partial charge < -0.3 is 9.64 Å². The Bertz CT molecular complexity index is 974. The molecule has 6 nitrogen and oxygen atoms in total. The van der Waals surface area contributed by atoms with Crippen molar-refractivity contribution in [2.24, 2.45) is 0 Å². The zero-order valence-electron chi connectivity index (χ0n) is 15.0. The number of ether oxygens (including phenoxy) is 1. The minimum atomic E-state index is -0.385. The molecule has 0 aliphatic carbocycles. The molecule has 144 valence electrons. The van der Waals surface area contributed by atoms with Crippen LogP contribution in [-0.4, -0.2) is 45.6 Å². The number of aromatic nitrogens is 3. The van der Waals surface area contributed by atoms with Gasteiger partial charge in [-0.25, -0.2) is 13.5 Å². The van der Waals surface area contributed by atoms with Gasteiger partial charge in [0.25, 0.3) is 0 Å². The molecule has 1 atom stereocenters. The Kier molecular flexibility index (Phi) is 5.12. The van der Waals surface area contributed by atoms with E-state index < -0.39 is 0 Å². The summed E-state index contributed by atoms with van der Waals surface area (Å²) in [7, 11) is 0. The highest BCUT2D eigenvalue weighted by Gasteiger charge is 2.30. The van der Waals surface area contributed by atoms with E-state index in [4.69, 9.17) is 4.74 Å². The molecule has 1 fully saturated rings. The van der Waals surface area contributed by atoms with Crippen molar-refractivity contribution in [2.45, 2.75) is 12.5 Å². The van der Waals surface area contributed by atoms with E-state index in [9.17, 15) is 13.6 Å². The zero-order valence-corrected chi connectivity index (χ0v) is 15.0. The second-order valence-corrected chi connectivity index (χ2v) is 6.55. The van der Waals surface area contributed by atoms with Gasteiger partial charge in [0.1, 0.15) is 23.4 Å². The van der Waals surface area contributed by atoms with Gasteiger partial charge in [0.05, 0.1) is 31.5 Å². The molecule has 8 heteroatoms. The molecular weight excluding hydrogens is 366 g/mol. The van der Waals surface area contributed by atoms with Crippen LogP contribution in [-0.2, 0) is 16.0 Å². The number of carbonyl (C=O) groups is 1. The van der Waals surface area contributed by atoms with E-state index in [0.29, 0.717) is 36.7 Å². The number of halogens is 2. The lowest BCUT2D eigenvalue weighted by atomic mass is 10.1. The maximum atomic E-state index is 13.4. The van der Waals surface area contributed by atoms with Gasteiger partial charge >= 0.3 is 0 Å². The standard InChI is InChI=1S/C20H18F2N4O2/c21-15-4-6-17(7-5-15)26-12-18(23-24-26)19-13-28-9-8-25(19)20(27)11-14-2-1-3-16(22)10-14/h1-7,10,12,19H,8-9,11,13H2. The van der Waals surface area contributed by atoms with Gasteiger partial charge in [-0.2, -0.15) is 0 Å². The highest BCUT2D eigenvalue weighted by molar-refractivity contribution is 5.79. The van der Waals surface area contributed by atoms with Crippen molar-refractivity contribution in [2.75, 3.05) is 19.8 Å². The van der Waals surface area contributed by atoms with E-state index in [1.165, 1.54) is 28.9 Å². The number of morpholine rings is 1. The van der Waals surface area contributed by atoms with Crippen LogP contribution in [0.25, 0.3) is 5.69 Å². The third kappa shape index (κ3) is 3.91. The van der Waals surface area contributed by atoms with Crippen molar-refractivity contribution in [3.8, 4) is 5.69 Å². The van der Waals surface area contributed by atoms with Crippen LogP contribution >= 0.6 is 0 Å². The first-order chi connectivity index (χ1) is 13.6. The molecule has 0 radical (unpaired) electrons. The topological polar surface area (TPSA) is 60.2 Å². The van der Waals surface area contributed by atoms with Crippen LogP contribution in [0.2, 0.25) is 0 Å². The van der Waals surface area contributed by atoms with E-state index >= 15 is 0 Å². The zero-order chi connectivity index (χ0) is 19.5. The lowest BCUT2D eigenvalue weighted by Crippen LogP contribution is -2.44. The van der Waals surface area contributed by atoms with Crippen molar-refractivity contribution < 1.29 is 18.3 Å². The summed E-state index contributed by atoms with van der Waals surface area (Å²) in [4.78, 5) is 14.5. The molecule has 1 unspecified atom stereocenters. The Morgan fingerprint density at radius 3 is 2.75 bits per heavy atom. The lowest BCUT2D eigenvalue weighted by molar-refractivity contribution is -0.139. The molecule has 1 amide bonds. The smallest absolute Gasteiger partial charge is 0.227 e. The minimum absolute atomic E-state index is 0.0976. The van der Waals surface area contributed by atoms with Crippen molar-refractivity contribution in [3.63, 3.8) is 0 Å². The average Bonchev–Trinajstić information content (AvgIpc) is 3.18. The average molecular weight is 384 g/mol. The maximum Gasteiger partial charge on any atom is 0.227 e. The lowest BCUT2D eigenvalue weighted by Gasteiger charge is -2.34. The predicted molar refractivity (Wildman–Crippen MR) is 96.7 cm³/mol. The largest absolute Gasteiger partial charge is 0.377 e. The molecule has 1 aliphatic rings. The highest BCUT2D eigenvalue weighted by atomic mass is 19.1. The first kappa shape index (κ1) is 18.2. The van der Waals surface area contributed by atoms with Gasteiger partial charge in [0.15, 0.2) is 0 Å². The molecule has 1 aliphatic heterocycles. The van der Waals surface area contributed by atoms with Crippen LogP contribution in [0.3, 0.4) is 0 Å². The fraction of sp³-hybridized carbons (Fsp3) is 0.250. The predicted octanol–water partition coefficient (Wildman–Crippen LogP) is 2.69. The molecule has 3 aromatic rings. The third-order valence-electron chi connectivity index (χ3n) is 4.64. The van der Waals surface area contributed by atoms with E-state index in [1.54, 1.807) is 35.4 Å². The number of hydrogen-bond donors (Lipinski definition) is 0. The van der Waals surface area contributed by atoms with Crippen LogP contribution < -0.4 is 0 Å². The third-order valence-corrected chi connectivity index (χ3v) is 4.64. The Morgan fingerprint density at radius 1 is 1.14 bits per heavy atom. The molecule has 2 aromatic carbocycles. The van der Waals surface area contributed by atoms with Crippen molar-refractivity contribution in [3.05, 3.63) is 77.6 Å². The molecule has 0 spiro atoms. The Hall–Kier alpha value is -3.13. The van der Waals surface area contributed by atoms with Crippen LogP contribution in [0.1, 0.15) is 17.3 Å². The van der Waals surface area contributed by atoms with Crippen molar-refractivity contribution >= 4 is 5.91 Å². The SMILES string of the molecule is O=C(Cc1cccc(F)c1)N1CCOCC1c1cn(-c2ccc(F)cc2)nn1. The number of nitrogens with zero attached hydrogens (tertiary/aromatic N) is 4. The molecule has 0 saturated carbocycles. The minimum Gasteiger partial charge on any atom is -0.377 e. The maximum absolute atomic E-state index is 13.4. The summed E-state index contributed by atoms with van der Waals surface area (Å²) in [6.07, 6.45) is 1.80. The summed E-state index contributed by atoms with van der Waals surface area (Å²) in [6.45, 7) is 1.15. The number of benzene rings is 2. The fourth-order valence-electron chi connectivity index (χ4n) is 3.22. The Morgan fingerprint density at radius 2 is 1.96 bits per heavy atom. The van der Waals surface area contributed by atoms with Gasteiger partial charge in [-0.05, 0) is 42.0 Å². The molecule has 4 rings (SSSR count). The van der Waals surface area contributed by atoms with Crippen LogP contribution in [0.4, 0.5) is 8.78 Å². The van der Waals surface area contributed by atoms with E-state index in [1.807, 2.05) is 0 Å². The summed E-state index contributed by atoms with van der Waals surface area (Å²) in [5.41, 5.74) is 1.86. The second kappa shape index (κ2) is 7.85. The van der Waals surface area contributed by atoms with Gasteiger partial charge in [-0.15, -0.1) is 5.10 Å². The summed E-state index contributed by atoms with van der Waals surface area (Å²) < 4.78 is 33.6. The van der Waals surface area contributed by atoms with Gasteiger partial charge in [-0.1, -0.05) is 17.3 Å². The number of carbonyl (C=O) groups excluding carboxylic acids is 1. The molecular formula is C20H18F2N4O2. The number of amides is 1. The number of rotatable bonds is 4. The molecule has 1 aromatic heterocycles. The fourth-order valence-corrected chi connectivity index (χ4v) is 3.22. The summed E-state index contributed by atoms with van der Waals surface area (Å²) >= 11 is 0. The molecule has 2 heterocycles. The van der Waals surface area contributed by atoms with Gasteiger partial charge in [0.2, 0.25) is 5.91 Å². The van der Waals surface area contributed by atoms with Crippen molar-refractivity contribution in [1.82, 2.24) is 19.9 Å². The molecule has 1 saturated heterocycles. The summed E-state index contributed by atoms with van der Waals surface area (Å²) in [5.74, 6) is -0.833. The van der Waals surface area contributed by atoms with E-state index in [2.05, 4.69) is 10.3 Å². The highest BCUT2D eigenvalue weighted by Crippen LogP contribution is 2.24. The van der Waals surface area contributed by atoms with Crippen LogP contribution in [0, 0.1) is 11.6 Å². The monoisotopic (exact) mass is 384 g/mol. The summed E-state index contributed by atoms with van der Waals surface area (Å²) in [6, 6.07) is 11.5. The van der Waals surface area contributed by atoms with E-state index in [-0.39, 0.29) is 30.0 Å². The normalized spacial score (nSPS) is 16.9. The van der Waals surface area contributed by atoms with Crippen LogP contribution in [0.5, 0.6) is 0 Å². The molecule has 0 bridgehead atoms. The van der Waals surface area contributed by atoms with Crippen molar-refractivity contribution in [1.29, 1.82) is 0 Å². The molecule has 0 N–H and O–H groups in total. The van der Waals surface area contributed by atoms with Gasteiger partial charge in [0, 0.05) is 6.54 Å². The van der Waals surface area contributed by atoms with Gasteiger partial charge in [-0.3, -0.25) is 4.79 Å². The second-order valence-electron chi connectivity index (χ2n) is 6.55. The molecule has 28 heavy (non-hydrogen) atoms.